The van der Waals surface area contributed by atoms with Gasteiger partial charge < -0.3 is 15.3 Å². The van der Waals surface area contributed by atoms with Gasteiger partial charge in [0.2, 0.25) is 0 Å². The fourth-order valence-corrected chi connectivity index (χ4v) is 2.78. The van der Waals surface area contributed by atoms with Crippen molar-refractivity contribution < 1.29 is 14.7 Å². The normalized spacial score (nSPS) is 21.1. The van der Waals surface area contributed by atoms with Crippen LogP contribution in [0.3, 0.4) is 0 Å². The van der Waals surface area contributed by atoms with E-state index in [2.05, 4.69) is 12.2 Å². The van der Waals surface area contributed by atoms with Gasteiger partial charge in [-0.1, -0.05) is 19.8 Å². The molecule has 116 valence electrons. The molecule has 2 N–H and O–H groups in total. The van der Waals surface area contributed by atoms with Crippen LogP contribution in [-0.4, -0.2) is 41.1 Å². The summed E-state index contributed by atoms with van der Waals surface area (Å²) in [7, 11) is 0. The summed E-state index contributed by atoms with van der Waals surface area (Å²) in [6, 6.07) is -0.131. The smallest absolute Gasteiger partial charge is 0.317 e. The first-order valence-electron chi connectivity index (χ1n) is 7.80. The predicted molar refractivity (Wildman–Crippen MR) is 78.7 cm³/mol. The molecule has 0 saturated carbocycles. The minimum Gasteiger partial charge on any atom is -0.481 e. The second kappa shape index (κ2) is 8.82. The van der Waals surface area contributed by atoms with E-state index < -0.39 is 5.97 Å². The standard InChI is InChI=1S/C15H28N2O3/c1-3-5-13-6-4-10-17(11-9-13)15(20)16-12(2)7-8-14(18)19/h12-13H,3-11H2,1-2H3,(H,16,20)(H,18,19). The highest BCUT2D eigenvalue weighted by atomic mass is 16.4. The third-order valence-corrected chi connectivity index (χ3v) is 3.99. The molecule has 1 fully saturated rings. The van der Waals surface area contributed by atoms with E-state index in [4.69, 9.17) is 5.11 Å². The fourth-order valence-electron chi connectivity index (χ4n) is 2.78. The van der Waals surface area contributed by atoms with Gasteiger partial charge in [0, 0.05) is 25.6 Å². The Bertz CT molecular complexity index is 320. The molecule has 1 rings (SSSR count). The maximum absolute atomic E-state index is 12.1. The Labute approximate surface area is 121 Å². The van der Waals surface area contributed by atoms with E-state index in [1.807, 2.05) is 11.8 Å². The summed E-state index contributed by atoms with van der Waals surface area (Å²) < 4.78 is 0. The van der Waals surface area contributed by atoms with E-state index in [1.165, 1.54) is 19.3 Å². The van der Waals surface area contributed by atoms with Crippen molar-refractivity contribution in [1.82, 2.24) is 10.2 Å². The summed E-state index contributed by atoms with van der Waals surface area (Å²) in [6.07, 6.45) is 6.42. The van der Waals surface area contributed by atoms with Crippen LogP contribution in [0, 0.1) is 5.92 Å². The number of rotatable bonds is 6. The number of nitrogens with zero attached hydrogens (tertiary/aromatic N) is 1. The number of aliphatic carboxylic acids is 1. The second-order valence-electron chi connectivity index (χ2n) is 5.86. The number of hydrogen-bond donors (Lipinski definition) is 2. The molecule has 1 aliphatic heterocycles. The number of nitrogens with one attached hydrogen (secondary N) is 1. The molecule has 0 aromatic carbocycles. The van der Waals surface area contributed by atoms with Gasteiger partial charge in [0.15, 0.2) is 0 Å². The Morgan fingerprint density at radius 3 is 2.75 bits per heavy atom. The third-order valence-electron chi connectivity index (χ3n) is 3.99. The molecule has 2 atom stereocenters. The van der Waals surface area contributed by atoms with Gasteiger partial charge in [-0.25, -0.2) is 4.79 Å². The Hall–Kier alpha value is -1.26. The molecule has 5 nitrogen and oxygen atoms in total. The van der Waals surface area contributed by atoms with Crippen molar-refractivity contribution in [3.05, 3.63) is 0 Å². The van der Waals surface area contributed by atoms with Crippen LogP contribution in [0.25, 0.3) is 0 Å². The molecule has 0 aliphatic carbocycles. The van der Waals surface area contributed by atoms with Crippen molar-refractivity contribution >= 4 is 12.0 Å². The van der Waals surface area contributed by atoms with Crippen molar-refractivity contribution in [2.75, 3.05) is 13.1 Å². The first-order valence-corrected chi connectivity index (χ1v) is 7.80. The summed E-state index contributed by atoms with van der Waals surface area (Å²) >= 11 is 0. The molecule has 2 unspecified atom stereocenters. The Morgan fingerprint density at radius 1 is 1.35 bits per heavy atom. The summed E-state index contributed by atoms with van der Waals surface area (Å²) in [5, 5.41) is 11.5. The van der Waals surface area contributed by atoms with Gasteiger partial charge in [-0.3, -0.25) is 4.79 Å². The van der Waals surface area contributed by atoms with Crippen LogP contribution in [0.15, 0.2) is 0 Å². The van der Waals surface area contributed by atoms with E-state index in [0.29, 0.717) is 6.42 Å². The minimum atomic E-state index is -0.816. The summed E-state index contributed by atoms with van der Waals surface area (Å²) in [4.78, 5) is 24.5. The largest absolute Gasteiger partial charge is 0.481 e. The van der Waals surface area contributed by atoms with Gasteiger partial charge >= 0.3 is 12.0 Å². The molecule has 0 spiro atoms. The zero-order chi connectivity index (χ0) is 15.0. The zero-order valence-electron chi connectivity index (χ0n) is 12.7. The monoisotopic (exact) mass is 284 g/mol. The van der Waals surface area contributed by atoms with Crippen LogP contribution in [0.4, 0.5) is 4.79 Å². The van der Waals surface area contributed by atoms with Crippen LogP contribution in [-0.2, 0) is 4.79 Å². The molecule has 1 aliphatic rings. The van der Waals surface area contributed by atoms with Crippen molar-refractivity contribution in [3.63, 3.8) is 0 Å². The average Bonchev–Trinajstić information content (AvgIpc) is 2.62. The number of urea groups is 1. The topological polar surface area (TPSA) is 69.6 Å². The Morgan fingerprint density at radius 2 is 2.10 bits per heavy atom. The lowest BCUT2D eigenvalue weighted by Gasteiger charge is -2.23. The molecule has 0 aromatic rings. The molecular formula is C15H28N2O3. The van der Waals surface area contributed by atoms with Crippen LogP contribution >= 0.6 is 0 Å². The number of carbonyl (C=O) groups excluding carboxylic acids is 1. The molecule has 20 heavy (non-hydrogen) atoms. The lowest BCUT2D eigenvalue weighted by atomic mass is 9.96. The van der Waals surface area contributed by atoms with Gasteiger partial charge in [-0.05, 0) is 38.5 Å². The van der Waals surface area contributed by atoms with Crippen LogP contribution < -0.4 is 5.32 Å². The molecule has 2 amide bonds. The van der Waals surface area contributed by atoms with Gasteiger partial charge in [0.05, 0.1) is 0 Å². The highest BCUT2D eigenvalue weighted by molar-refractivity contribution is 5.74. The number of carbonyl (C=O) groups is 2. The highest BCUT2D eigenvalue weighted by Gasteiger charge is 2.21. The molecule has 0 radical (unpaired) electrons. The van der Waals surface area contributed by atoms with Crippen molar-refractivity contribution in [2.24, 2.45) is 5.92 Å². The third kappa shape index (κ3) is 6.26. The van der Waals surface area contributed by atoms with Gasteiger partial charge in [0.1, 0.15) is 0 Å². The Kier molecular flexibility index (Phi) is 7.41. The molecule has 1 saturated heterocycles. The first-order chi connectivity index (χ1) is 9.52. The van der Waals surface area contributed by atoms with E-state index >= 15 is 0 Å². The number of amides is 2. The van der Waals surface area contributed by atoms with Crippen molar-refractivity contribution in [2.45, 2.75) is 64.8 Å². The van der Waals surface area contributed by atoms with Gasteiger partial charge in [-0.15, -0.1) is 0 Å². The van der Waals surface area contributed by atoms with E-state index in [1.54, 1.807) is 0 Å². The summed E-state index contributed by atoms with van der Waals surface area (Å²) in [5.74, 6) is -0.0643. The summed E-state index contributed by atoms with van der Waals surface area (Å²) in [5.41, 5.74) is 0. The molecular weight excluding hydrogens is 256 g/mol. The number of hydrogen-bond acceptors (Lipinski definition) is 2. The molecule has 0 aromatic heterocycles. The van der Waals surface area contributed by atoms with Crippen LogP contribution in [0.1, 0.15) is 58.8 Å². The van der Waals surface area contributed by atoms with Crippen molar-refractivity contribution in [1.29, 1.82) is 0 Å². The molecule has 5 heteroatoms. The van der Waals surface area contributed by atoms with E-state index in [9.17, 15) is 9.59 Å². The highest BCUT2D eigenvalue weighted by Crippen LogP contribution is 2.21. The lowest BCUT2D eigenvalue weighted by Crippen LogP contribution is -2.44. The van der Waals surface area contributed by atoms with Crippen LogP contribution in [0.2, 0.25) is 0 Å². The lowest BCUT2D eigenvalue weighted by molar-refractivity contribution is -0.137. The Balaban J connectivity index is 2.33. The second-order valence-corrected chi connectivity index (χ2v) is 5.86. The van der Waals surface area contributed by atoms with E-state index in [0.717, 1.165) is 31.8 Å². The molecule has 0 bridgehead atoms. The minimum absolute atomic E-state index is 0.0416. The quantitative estimate of drug-likeness (QED) is 0.788. The van der Waals surface area contributed by atoms with Crippen LogP contribution in [0.5, 0.6) is 0 Å². The zero-order valence-corrected chi connectivity index (χ0v) is 12.7. The number of carboxylic acid groups (broad SMARTS) is 1. The summed E-state index contributed by atoms with van der Waals surface area (Å²) in [6.45, 7) is 5.71. The maximum Gasteiger partial charge on any atom is 0.317 e. The number of carboxylic acids is 1. The SMILES string of the molecule is CCCC1CCCN(C(=O)NC(C)CCC(=O)O)CC1. The average molecular weight is 284 g/mol. The predicted octanol–water partition coefficient (Wildman–Crippen LogP) is 2.85. The molecule has 1 heterocycles. The fraction of sp³-hybridized carbons (Fsp3) is 0.867. The van der Waals surface area contributed by atoms with Gasteiger partial charge in [-0.2, -0.15) is 0 Å². The number of likely N-dealkylation sites (tertiary alicyclic amines) is 1. The van der Waals surface area contributed by atoms with Gasteiger partial charge in [0.25, 0.3) is 0 Å². The first kappa shape index (κ1) is 16.8. The van der Waals surface area contributed by atoms with E-state index in [-0.39, 0.29) is 18.5 Å². The maximum atomic E-state index is 12.1. The van der Waals surface area contributed by atoms with Crippen molar-refractivity contribution in [3.8, 4) is 0 Å².